The maximum absolute atomic E-state index is 13.5. The number of ketones is 1. The molecular weight excluding hydrogens is 214 g/mol. The van der Waals surface area contributed by atoms with Gasteiger partial charge in [0.1, 0.15) is 6.10 Å². The number of hydrogen-bond acceptors (Lipinski definition) is 2. The van der Waals surface area contributed by atoms with Crippen LogP contribution in [0.5, 0.6) is 0 Å². The summed E-state index contributed by atoms with van der Waals surface area (Å²) in [4.78, 5) is 11.7. The molecule has 1 aromatic rings. The Kier molecular flexibility index (Phi) is 4.12. The average molecular weight is 228 g/mol. The molecule has 0 radical (unpaired) electrons. The molecule has 1 aromatic carbocycles. The van der Waals surface area contributed by atoms with Gasteiger partial charge in [-0.25, -0.2) is 8.78 Å². The number of rotatable bonds is 4. The van der Waals surface area contributed by atoms with Crippen LogP contribution in [0, 0.1) is 18.6 Å². The predicted molar refractivity (Wildman–Crippen MR) is 56.5 cm³/mol. The lowest BCUT2D eigenvalue weighted by atomic mass is 10.0. The number of Topliss-reactive ketones (excluding diaryl/α,β-unsaturated/α-hetero) is 1. The van der Waals surface area contributed by atoms with Crippen LogP contribution in [0.2, 0.25) is 0 Å². The van der Waals surface area contributed by atoms with Crippen LogP contribution in [0.1, 0.15) is 29.8 Å². The van der Waals surface area contributed by atoms with Crippen LogP contribution in [0.15, 0.2) is 12.1 Å². The summed E-state index contributed by atoms with van der Waals surface area (Å²) in [6, 6.07) is 2.66. The summed E-state index contributed by atoms with van der Waals surface area (Å²) in [7, 11) is 0. The standard InChI is InChI=1S/C12H14F2O2/c1-4-16-8(3)12(15)9-6-5-7(2)10(13)11(9)14/h5-6,8H,4H2,1-3H3. The molecule has 1 atom stereocenters. The largest absolute Gasteiger partial charge is 0.371 e. The molecule has 0 aliphatic rings. The number of halogens is 2. The summed E-state index contributed by atoms with van der Waals surface area (Å²) < 4.78 is 31.7. The van der Waals surface area contributed by atoms with E-state index in [2.05, 4.69) is 0 Å². The molecule has 0 aliphatic heterocycles. The molecular formula is C12H14F2O2. The summed E-state index contributed by atoms with van der Waals surface area (Å²) in [5.41, 5.74) is -0.0813. The molecule has 0 spiro atoms. The molecule has 0 aromatic heterocycles. The van der Waals surface area contributed by atoms with Crippen molar-refractivity contribution in [3.05, 3.63) is 34.9 Å². The number of ether oxygens (including phenoxy) is 1. The lowest BCUT2D eigenvalue weighted by Gasteiger charge is -2.11. The molecule has 2 nitrogen and oxygen atoms in total. The molecule has 1 rings (SSSR count). The number of hydrogen-bond donors (Lipinski definition) is 0. The third kappa shape index (κ3) is 2.44. The van der Waals surface area contributed by atoms with Crippen LogP contribution in [0.25, 0.3) is 0 Å². The minimum atomic E-state index is -1.10. The molecule has 0 amide bonds. The second kappa shape index (κ2) is 5.16. The number of carbonyl (C=O) groups is 1. The monoisotopic (exact) mass is 228 g/mol. The Balaban J connectivity index is 3.05. The zero-order chi connectivity index (χ0) is 12.3. The van der Waals surface area contributed by atoms with Gasteiger partial charge in [0.25, 0.3) is 0 Å². The fraction of sp³-hybridized carbons (Fsp3) is 0.417. The fourth-order valence-corrected chi connectivity index (χ4v) is 1.38. The van der Waals surface area contributed by atoms with Crippen molar-refractivity contribution >= 4 is 5.78 Å². The molecule has 4 heteroatoms. The van der Waals surface area contributed by atoms with Gasteiger partial charge < -0.3 is 4.74 Å². The lowest BCUT2D eigenvalue weighted by molar-refractivity contribution is 0.0516. The molecule has 0 N–H and O–H groups in total. The first-order valence-electron chi connectivity index (χ1n) is 5.09. The molecule has 0 heterocycles. The van der Waals surface area contributed by atoms with Gasteiger partial charge in [0.2, 0.25) is 0 Å². The van der Waals surface area contributed by atoms with Crippen molar-refractivity contribution in [2.45, 2.75) is 26.9 Å². The van der Waals surface area contributed by atoms with E-state index in [1.165, 1.54) is 26.0 Å². The molecule has 88 valence electrons. The Morgan fingerprint density at radius 1 is 1.38 bits per heavy atom. The predicted octanol–water partition coefficient (Wildman–Crippen LogP) is 2.88. The van der Waals surface area contributed by atoms with E-state index in [4.69, 9.17) is 4.74 Å². The highest BCUT2D eigenvalue weighted by Crippen LogP contribution is 2.17. The van der Waals surface area contributed by atoms with Crippen molar-refractivity contribution in [2.75, 3.05) is 6.61 Å². The zero-order valence-electron chi connectivity index (χ0n) is 9.51. The van der Waals surface area contributed by atoms with Gasteiger partial charge in [0, 0.05) is 6.61 Å². The topological polar surface area (TPSA) is 26.3 Å². The van der Waals surface area contributed by atoms with Gasteiger partial charge in [-0.2, -0.15) is 0 Å². The van der Waals surface area contributed by atoms with Gasteiger partial charge in [-0.1, -0.05) is 6.07 Å². The summed E-state index contributed by atoms with van der Waals surface area (Å²) in [6.45, 7) is 5.04. The quantitative estimate of drug-likeness (QED) is 0.741. The summed E-state index contributed by atoms with van der Waals surface area (Å²) in [6.07, 6.45) is -0.762. The van der Waals surface area contributed by atoms with Gasteiger partial charge in [0.05, 0.1) is 5.56 Å². The smallest absolute Gasteiger partial charge is 0.194 e. The summed E-state index contributed by atoms with van der Waals surface area (Å²) >= 11 is 0. The third-order valence-electron chi connectivity index (χ3n) is 2.33. The van der Waals surface area contributed by atoms with Gasteiger partial charge in [-0.15, -0.1) is 0 Å². The maximum atomic E-state index is 13.5. The number of carbonyl (C=O) groups excluding carboxylic acids is 1. The molecule has 16 heavy (non-hydrogen) atoms. The van der Waals surface area contributed by atoms with Crippen LogP contribution < -0.4 is 0 Å². The number of benzene rings is 1. The van der Waals surface area contributed by atoms with E-state index in [-0.39, 0.29) is 11.1 Å². The first-order chi connectivity index (χ1) is 7.49. The van der Waals surface area contributed by atoms with Crippen molar-refractivity contribution in [2.24, 2.45) is 0 Å². The van der Waals surface area contributed by atoms with Crippen molar-refractivity contribution < 1.29 is 18.3 Å². The Morgan fingerprint density at radius 3 is 2.56 bits per heavy atom. The summed E-state index contributed by atoms with van der Waals surface area (Å²) in [5.74, 6) is -2.62. The van der Waals surface area contributed by atoms with Crippen molar-refractivity contribution in [3.63, 3.8) is 0 Å². The van der Waals surface area contributed by atoms with Crippen LogP contribution in [0.3, 0.4) is 0 Å². The lowest BCUT2D eigenvalue weighted by Crippen LogP contribution is -2.22. The van der Waals surface area contributed by atoms with Crippen LogP contribution in [-0.2, 0) is 4.74 Å². The van der Waals surface area contributed by atoms with E-state index in [0.717, 1.165) is 0 Å². The van der Waals surface area contributed by atoms with E-state index < -0.39 is 23.5 Å². The molecule has 0 fully saturated rings. The molecule has 1 unspecified atom stereocenters. The van der Waals surface area contributed by atoms with E-state index >= 15 is 0 Å². The van der Waals surface area contributed by atoms with E-state index in [9.17, 15) is 13.6 Å². The minimum Gasteiger partial charge on any atom is -0.371 e. The van der Waals surface area contributed by atoms with Crippen molar-refractivity contribution in [3.8, 4) is 0 Å². The maximum Gasteiger partial charge on any atom is 0.194 e. The number of aryl methyl sites for hydroxylation is 1. The van der Waals surface area contributed by atoms with E-state index in [0.29, 0.717) is 6.61 Å². The SMILES string of the molecule is CCOC(C)C(=O)c1ccc(C)c(F)c1F. The van der Waals surface area contributed by atoms with Gasteiger partial charge >= 0.3 is 0 Å². The van der Waals surface area contributed by atoms with Crippen LogP contribution in [0.4, 0.5) is 8.78 Å². The molecule has 0 saturated heterocycles. The molecule has 0 bridgehead atoms. The molecule has 0 aliphatic carbocycles. The average Bonchev–Trinajstić information content (AvgIpc) is 2.26. The second-order valence-electron chi connectivity index (χ2n) is 3.52. The van der Waals surface area contributed by atoms with Gasteiger partial charge in [0.15, 0.2) is 17.4 Å². The first-order valence-corrected chi connectivity index (χ1v) is 5.09. The van der Waals surface area contributed by atoms with Crippen LogP contribution in [-0.4, -0.2) is 18.5 Å². The molecule has 0 saturated carbocycles. The Morgan fingerprint density at radius 2 is 2.00 bits per heavy atom. The van der Waals surface area contributed by atoms with E-state index in [1.54, 1.807) is 6.92 Å². The highest BCUT2D eigenvalue weighted by atomic mass is 19.2. The minimum absolute atomic E-state index is 0.179. The summed E-state index contributed by atoms with van der Waals surface area (Å²) in [5, 5.41) is 0. The van der Waals surface area contributed by atoms with Gasteiger partial charge in [-0.3, -0.25) is 4.79 Å². The highest BCUT2D eigenvalue weighted by molar-refractivity contribution is 5.99. The van der Waals surface area contributed by atoms with Gasteiger partial charge in [-0.05, 0) is 32.4 Å². The van der Waals surface area contributed by atoms with Crippen molar-refractivity contribution in [1.29, 1.82) is 0 Å². The fourth-order valence-electron chi connectivity index (χ4n) is 1.38. The Hall–Kier alpha value is -1.29. The Labute approximate surface area is 93.2 Å². The highest BCUT2D eigenvalue weighted by Gasteiger charge is 2.21. The van der Waals surface area contributed by atoms with Crippen molar-refractivity contribution in [1.82, 2.24) is 0 Å². The van der Waals surface area contributed by atoms with Crippen LogP contribution >= 0.6 is 0 Å². The zero-order valence-corrected chi connectivity index (χ0v) is 9.51. The third-order valence-corrected chi connectivity index (χ3v) is 2.33. The second-order valence-corrected chi connectivity index (χ2v) is 3.52. The first kappa shape index (κ1) is 12.8. The normalized spacial score (nSPS) is 12.6. The Bertz CT molecular complexity index is 402. The van der Waals surface area contributed by atoms with E-state index in [1.807, 2.05) is 0 Å².